The lowest BCUT2D eigenvalue weighted by molar-refractivity contribution is -0.149. The first kappa shape index (κ1) is 15.0. The van der Waals surface area contributed by atoms with Crippen molar-refractivity contribution in [2.45, 2.75) is 12.3 Å². The van der Waals surface area contributed by atoms with Crippen molar-refractivity contribution in [1.82, 2.24) is 0 Å². The lowest BCUT2D eigenvalue weighted by Gasteiger charge is -2.25. The van der Waals surface area contributed by atoms with E-state index in [0.717, 1.165) is 0 Å². The maximum Gasteiger partial charge on any atom is 0.321 e. The van der Waals surface area contributed by atoms with Gasteiger partial charge in [-0.2, -0.15) is 0 Å². The van der Waals surface area contributed by atoms with E-state index in [9.17, 15) is 18.4 Å². The molecule has 0 amide bonds. The molecule has 1 aliphatic heterocycles. The zero-order valence-electron chi connectivity index (χ0n) is 12.9. The summed E-state index contributed by atoms with van der Waals surface area (Å²) in [6.07, 6.45) is 0. The molecule has 2 aliphatic rings. The number of halogens is 2. The third kappa shape index (κ3) is 1.54. The van der Waals surface area contributed by atoms with E-state index in [1.54, 1.807) is 24.3 Å². The molecule has 1 saturated carbocycles. The van der Waals surface area contributed by atoms with Crippen molar-refractivity contribution in [3.63, 3.8) is 0 Å². The fourth-order valence-electron chi connectivity index (χ4n) is 4.49. The highest BCUT2D eigenvalue weighted by Gasteiger charge is 2.87. The first-order valence-electron chi connectivity index (χ1n) is 7.66. The van der Waals surface area contributed by atoms with Gasteiger partial charge in [0.1, 0.15) is 22.8 Å². The van der Waals surface area contributed by atoms with Gasteiger partial charge in [0.2, 0.25) is 0 Å². The van der Waals surface area contributed by atoms with Gasteiger partial charge in [-0.3, -0.25) is 9.59 Å². The standard InChI is InChI=1S/C19H14F2O3/c1-11(22)18-16(10-24-17(18)23)19(18,12-2-6-14(20)7-3-12)13-4-8-15(21)9-5-13/h2-9,16H,10H2,1H3. The second-order valence-electron chi connectivity index (χ2n) is 6.34. The molecule has 5 heteroatoms. The van der Waals surface area contributed by atoms with Crippen molar-refractivity contribution in [2.75, 3.05) is 6.61 Å². The van der Waals surface area contributed by atoms with Gasteiger partial charge in [-0.25, -0.2) is 8.78 Å². The number of cyclic esters (lactones) is 1. The highest BCUT2D eigenvalue weighted by atomic mass is 19.1. The summed E-state index contributed by atoms with van der Waals surface area (Å²) in [6, 6.07) is 11.5. The third-order valence-electron chi connectivity index (χ3n) is 5.44. The second-order valence-corrected chi connectivity index (χ2v) is 6.34. The van der Waals surface area contributed by atoms with Gasteiger partial charge in [0, 0.05) is 5.92 Å². The number of carbonyl (C=O) groups excluding carboxylic acids is 2. The molecule has 4 rings (SSSR count). The van der Waals surface area contributed by atoms with Gasteiger partial charge < -0.3 is 4.74 Å². The maximum absolute atomic E-state index is 13.4. The van der Waals surface area contributed by atoms with E-state index in [4.69, 9.17) is 4.74 Å². The molecule has 1 heterocycles. The van der Waals surface area contributed by atoms with E-state index in [2.05, 4.69) is 0 Å². The molecule has 2 aromatic carbocycles. The molecule has 0 spiro atoms. The summed E-state index contributed by atoms with van der Waals surface area (Å²) in [5, 5.41) is 0. The Bertz CT molecular complexity index is 796. The Hall–Kier alpha value is -2.56. The Labute approximate surface area is 137 Å². The van der Waals surface area contributed by atoms with Crippen molar-refractivity contribution in [3.05, 3.63) is 71.3 Å². The van der Waals surface area contributed by atoms with Crippen LogP contribution in [0, 0.1) is 23.0 Å². The van der Waals surface area contributed by atoms with Crippen molar-refractivity contribution in [2.24, 2.45) is 11.3 Å². The molecule has 24 heavy (non-hydrogen) atoms. The molecule has 3 nitrogen and oxygen atoms in total. The van der Waals surface area contributed by atoms with Crippen molar-refractivity contribution >= 4 is 11.8 Å². The molecule has 0 bridgehead atoms. The van der Waals surface area contributed by atoms with Crippen LogP contribution < -0.4 is 0 Å². The number of hydrogen-bond donors (Lipinski definition) is 0. The SMILES string of the molecule is CC(=O)C12C(=O)OCC1C2(c1ccc(F)cc1)c1ccc(F)cc1. The Morgan fingerprint density at radius 3 is 1.83 bits per heavy atom. The fourth-order valence-corrected chi connectivity index (χ4v) is 4.49. The molecule has 2 unspecified atom stereocenters. The van der Waals surface area contributed by atoms with Gasteiger partial charge in [-0.05, 0) is 42.3 Å². The normalized spacial score (nSPS) is 26.6. The number of esters is 1. The third-order valence-corrected chi connectivity index (χ3v) is 5.44. The predicted octanol–water partition coefficient (Wildman–Crippen LogP) is 3.01. The van der Waals surface area contributed by atoms with E-state index in [1.165, 1.54) is 31.2 Å². The molecule has 0 aromatic heterocycles. The van der Waals surface area contributed by atoms with Gasteiger partial charge in [0.05, 0.1) is 12.0 Å². The van der Waals surface area contributed by atoms with E-state index in [0.29, 0.717) is 11.1 Å². The number of fused-ring (bicyclic) bond motifs is 1. The van der Waals surface area contributed by atoms with Crippen LogP contribution in [0.25, 0.3) is 0 Å². The predicted molar refractivity (Wildman–Crippen MR) is 81.1 cm³/mol. The summed E-state index contributed by atoms with van der Waals surface area (Å²) < 4.78 is 31.8. The molecular formula is C19H14F2O3. The van der Waals surface area contributed by atoms with Gasteiger partial charge in [-0.15, -0.1) is 0 Å². The van der Waals surface area contributed by atoms with E-state index >= 15 is 0 Å². The quantitative estimate of drug-likeness (QED) is 0.643. The van der Waals surface area contributed by atoms with Crippen LogP contribution >= 0.6 is 0 Å². The zero-order valence-corrected chi connectivity index (χ0v) is 12.9. The second kappa shape index (κ2) is 4.72. The number of ether oxygens (including phenoxy) is 1. The summed E-state index contributed by atoms with van der Waals surface area (Å²) in [7, 11) is 0. The Balaban J connectivity index is 1.99. The molecule has 2 aromatic rings. The molecule has 1 saturated heterocycles. The minimum absolute atomic E-state index is 0.118. The van der Waals surface area contributed by atoms with Crippen molar-refractivity contribution < 1.29 is 23.1 Å². The number of benzene rings is 2. The van der Waals surface area contributed by atoms with Gasteiger partial charge in [0.15, 0.2) is 0 Å². The van der Waals surface area contributed by atoms with Crippen LogP contribution in [0.15, 0.2) is 48.5 Å². The number of Topliss-reactive ketones (excluding diaryl/α,β-unsaturated/α-hetero) is 1. The van der Waals surface area contributed by atoms with Crippen LogP contribution in [0.4, 0.5) is 8.78 Å². The van der Waals surface area contributed by atoms with Crippen LogP contribution in [-0.2, 0) is 19.7 Å². The summed E-state index contributed by atoms with van der Waals surface area (Å²) >= 11 is 0. The van der Waals surface area contributed by atoms with Crippen LogP contribution in [0.3, 0.4) is 0 Å². The molecule has 2 fully saturated rings. The Morgan fingerprint density at radius 1 is 1.00 bits per heavy atom. The van der Waals surface area contributed by atoms with Crippen molar-refractivity contribution in [1.29, 1.82) is 0 Å². The first-order chi connectivity index (χ1) is 11.5. The lowest BCUT2D eigenvalue weighted by Crippen LogP contribution is -2.34. The van der Waals surface area contributed by atoms with Crippen molar-refractivity contribution in [3.8, 4) is 0 Å². The number of hydrogen-bond acceptors (Lipinski definition) is 3. The topological polar surface area (TPSA) is 43.4 Å². The van der Waals surface area contributed by atoms with Crippen LogP contribution in [-0.4, -0.2) is 18.4 Å². The number of ketones is 1. The molecule has 2 atom stereocenters. The fraction of sp³-hybridized carbons (Fsp3) is 0.263. The smallest absolute Gasteiger partial charge is 0.321 e. The van der Waals surface area contributed by atoms with Gasteiger partial charge >= 0.3 is 5.97 Å². The average molecular weight is 328 g/mol. The number of rotatable bonds is 3. The summed E-state index contributed by atoms with van der Waals surface area (Å²) in [5.74, 6) is -2.03. The highest BCUT2D eigenvalue weighted by molar-refractivity contribution is 6.12. The average Bonchev–Trinajstić information content (AvgIpc) is 3.04. The van der Waals surface area contributed by atoms with Gasteiger partial charge in [0.25, 0.3) is 0 Å². The first-order valence-corrected chi connectivity index (χ1v) is 7.66. The molecular weight excluding hydrogens is 314 g/mol. The Morgan fingerprint density at radius 2 is 1.46 bits per heavy atom. The molecule has 1 aliphatic carbocycles. The number of carbonyl (C=O) groups is 2. The summed E-state index contributed by atoms with van der Waals surface area (Å²) in [4.78, 5) is 25.0. The van der Waals surface area contributed by atoms with E-state index < -0.39 is 28.4 Å². The summed E-state index contributed by atoms with van der Waals surface area (Å²) in [5.41, 5.74) is -0.933. The van der Waals surface area contributed by atoms with Gasteiger partial charge in [-0.1, -0.05) is 24.3 Å². The Kier molecular flexibility index (Phi) is 2.95. The molecule has 122 valence electrons. The maximum atomic E-state index is 13.4. The minimum atomic E-state index is -1.32. The molecule has 0 radical (unpaired) electrons. The zero-order chi connectivity index (χ0) is 17.1. The monoisotopic (exact) mass is 328 g/mol. The van der Waals surface area contributed by atoms with E-state index in [1.807, 2.05) is 0 Å². The van der Waals surface area contributed by atoms with E-state index in [-0.39, 0.29) is 18.3 Å². The minimum Gasteiger partial charge on any atom is -0.464 e. The highest BCUT2D eigenvalue weighted by Crippen LogP contribution is 2.76. The van der Waals surface area contributed by atoms with Crippen LogP contribution in [0.5, 0.6) is 0 Å². The lowest BCUT2D eigenvalue weighted by atomic mass is 9.78. The summed E-state index contributed by atoms with van der Waals surface area (Å²) in [6.45, 7) is 1.49. The van der Waals surface area contributed by atoms with Crippen LogP contribution in [0.1, 0.15) is 18.1 Å². The largest absolute Gasteiger partial charge is 0.464 e. The van der Waals surface area contributed by atoms with Crippen LogP contribution in [0.2, 0.25) is 0 Å². The molecule has 0 N–H and O–H groups in total.